The molecule has 1 N–H and O–H groups in total. The third kappa shape index (κ3) is 4.94. The summed E-state index contributed by atoms with van der Waals surface area (Å²) in [6.07, 6.45) is 2.42. The molecule has 1 unspecified atom stereocenters. The molecule has 6 nitrogen and oxygen atoms in total. The van der Waals surface area contributed by atoms with Crippen molar-refractivity contribution in [2.75, 3.05) is 32.7 Å². The first-order chi connectivity index (χ1) is 13.5. The van der Waals surface area contributed by atoms with Crippen LogP contribution < -0.4 is 5.32 Å². The van der Waals surface area contributed by atoms with Gasteiger partial charge in [-0.3, -0.25) is 14.5 Å². The van der Waals surface area contributed by atoms with Crippen LogP contribution in [0, 0.1) is 5.82 Å². The number of halogens is 1. The van der Waals surface area contributed by atoms with Gasteiger partial charge in [-0.2, -0.15) is 0 Å². The second-order valence-electron chi connectivity index (χ2n) is 6.95. The van der Waals surface area contributed by atoms with Gasteiger partial charge in [-0.15, -0.1) is 11.3 Å². The van der Waals surface area contributed by atoms with Gasteiger partial charge in [0.25, 0.3) is 5.91 Å². The van der Waals surface area contributed by atoms with Crippen molar-refractivity contribution in [1.29, 1.82) is 0 Å². The predicted molar refractivity (Wildman–Crippen MR) is 108 cm³/mol. The van der Waals surface area contributed by atoms with Gasteiger partial charge in [-0.1, -0.05) is 19.1 Å². The van der Waals surface area contributed by atoms with Crippen molar-refractivity contribution < 1.29 is 14.0 Å². The molecule has 0 saturated carbocycles. The van der Waals surface area contributed by atoms with Gasteiger partial charge in [0.15, 0.2) is 0 Å². The zero-order chi connectivity index (χ0) is 20.1. The van der Waals surface area contributed by atoms with Gasteiger partial charge in [-0.05, 0) is 25.5 Å². The fourth-order valence-electron chi connectivity index (χ4n) is 3.02. The van der Waals surface area contributed by atoms with Crippen molar-refractivity contribution >= 4 is 23.2 Å². The van der Waals surface area contributed by atoms with Crippen molar-refractivity contribution in [3.63, 3.8) is 0 Å². The van der Waals surface area contributed by atoms with Crippen molar-refractivity contribution in [1.82, 2.24) is 20.1 Å². The minimum absolute atomic E-state index is 0.0195. The van der Waals surface area contributed by atoms with E-state index in [-0.39, 0.29) is 23.7 Å². The molecule has 1 saturated heterocycles. The van der Waals surface area contributed by atoms with Crippen LogP contribution in [0.5, 0.6) is 0 Å². The van der Waals surface area contributed by atoms with Crippen LogP contribution in [0.4, 0.5) is 4.39 Å². The molecule has 0 spiro atoms. The summed E-state index contributed by atoms with van der Waals surface area (Å²) in [7, 11) is 0. The molecule has 1 fully saturated rings. The van der Waals surface area contributed by atoms with E-state index in [1.165, 1.54) is 23.6 Å². The van der Waals surface area contributed by atoms with Gasteiger partial charge in [0.05, 0.1) is 12.7 Å². The van der Waals surface area contributed by atoms with E-state index in [0.29, 0.717) is 48.2 Å². The van der Waals surface area contributed by atoms with Crippen LogP contribution in [0.25, 0.3) is 10.6 Å². The zero-order valence-corrected chi connectivity index (χ0v) is 17.0. The van der Waals surface area contributed by atoms with Crippen LogP contribution >= 0.6 is 11.3 Å². The van der Waals surface area contributed by atoms with E-state index in [0.717, 1.165) is 6.42 Å². The molecule has 2 amide bonds. The summed E-state index contributed by atoms with van der Waals surface area (Å²) in [6, 6.07) is 6.59. The number of carbonyl (C=O) groups is 2. The van der Waals surface area contributed by atoms with Gasteiger partial charge in [0.2, 0.25) is 5.91 Å². The Bertz CT molecular complexity index is 833. The van der Waals surface area contributed by atoms with E-state index < -0.39 is 0 Å². The Labute approximate surface area is 168 Å². The summed E-state index contributed by atoms with van der Waals surface area (Å²) in [6.45, 7) is 6.79. The molecule has 28 heavy (non-hydrogen) atoms. The Hall–Kier alpha value is -2.32. The third-order valence-corrected chi connectivity index (χ3v) is 5.89. The maximum Gasteiger partial charge on any atom is 0.265 e. The van der Waals surface area contributed by atoms with Gasteiger partial charge in [-0.25, -0.2) is 9.37 Å². The fourth-order valence-corrected chi connectivity index (χ4v) is 3.93. The number of thiazole rings is 1. The Morgan fingerprint density at radius 2 is 1.96 bits per heavy atom. The average molecular weight is 405 g/mol. The van der Waals surface area contributed by atoms with Crippen LogP contribution in [0.1, 0.15) is 29.9 Å². The summed E-state index contributed by atoms with van der Waals surface area (Å²) in [4.78, 5) is 33.3. The smallest absolute Gasteiger partial charge is 0.265 e. The van der Waals surface area contributed by atoms with Crippen LogP contribution in [0.3, 0.4) is 0 Å². The highest BCUT2D eigenvalue weighted by molar-refractivity contribution is 7.16. The summed E-state index contributed by atoms with van der Waals surface area (Å²) in [5, 5.41) is 3.46. The van der Waals surface area contributed by atoms with Gasteiger partial charge in [0, 0.05) is 37.8 Å². The first-order valence-electron chi connectivity index (χ1n) is 9.49. The lowest BCUT2D eigenvalue weighted by Gasteiger charge is -2.34. The molecule has 3 rings (SSSR count). The minimum atomic E-state index is -0.347. The molecule has 1 aromatic carbocycles. The van der Waals surface area contributed by atoms with E-state index >= 15 is 0 Å². The number of piperazine rings is 1. The van der Waals surface area contributed by atoms with E-state index in [2.05, 4.69) is 15.2 Å². The number of amides is 2. The predicted octanol–water partition coefficient (Wildman–Crippen LogP) is 2.62. The fraction of sp³-hybridized carbons (Fsp3) is 0.450. The summed E-state index contributed by atoms with van der Waals surface area (Å²) in [5.74, 6) is -0.421. The van der Waals surface area contributed by atoms with Crippen LogP contribution in [0.2, 0.25) is 0 Å². The lowest BCUT2D eigenvalue weighted by molar-refractivity contribution is -0.123. The number of benzene rings is 1. The van der Waals surface area contributed by atoms with Crippen LogP contribution in [-0.2, 0) is 4.79 Å². The molecule has 1 aliphatic heterocycles. The molecule has 1 atom stereocenters. The number of nitrogens with zero attached hydrogens (tertiary/aromatic N) is 3. The topological polar surface area (TPSA) is 65.5 Å². The average Bonchev–Trinajstić information content (AvgIpc) is 3.18. The van der Waals surface area contributed by atoms with E-state index in [4.69, 9.17) is 0 Å². The highest BCUT2D eigenvalue weighted by atomic mass is 32.1. The standard InChI is InChI=1S/C20H25FN4O2S/c1-3-14(2)23-18(26)13-24-8-10-25(11-9-24)20(27)17-12-22-19(28-17)15-6-4-5-7-16(15)21/h4-7,12,14H,3,8-11,13H2,1-2H3,(H,23,26). The lowest BCUT2D eigenvalue weighted by Crippen LogP contribution is -2.51. The third-order valence-electron chi connectivity index (χ3n) is 4.87. The molecule has 2 aromatic rings. The molecule has 2 heterocycles. The molecular formula is C20H25FN4O2S. The SMILES string of the molecule is CCC(C)NC(=O)CN1CCN(C(=O)c2cnc(-c3ccccc3F)s2)CC1. The van der Waals surface area contributed by atoms with Gasteiger partial charge < -0.3 is 10.2 Å². The van der Waals surface area contributed by atoms with Crippen LogP contribution in [-0.4, -0.2) is 65.4 Å². The van der Waals surface area contributed by atoms with Crippen molar-refractivity contribution in [2.24, 2.45) is 0 Å². The monoisotopic (exact) mass is 404 g/mol. The second-order valence-corrected chi connectivity index (χ2v) is 7.99. The Kier molecular flexibility index (Phi) is 6.74. The van der Waals surface area contributed by atoms with Gasteiger partial charge in [0.1, 0.15) is 15.7 Å². The first kappa shape index (κ1) is 20.4. The van der Waals surface area contributed by atoms with Crippen molar-refractivity contribution in [3.8, 4) is 10.6 Å². The van der Waals surface area contributed by atoms with Crippen molar-refractivity contribution in [2.45, 2.75) is 26.3 Å². The number of nitrogens with one attached hydrogen (secondary N) is 1. The van der Waals surface area contributed by atoms with E-state index in [9.17, 15) is 14.0 Å². The molecule has 0 bridgehead atoms. The quantitative estimate of drug-likeness (QED) is 0.804. The molecule has 8 heteroatoms. The Morgan fingerprint density at radius 1 is 1.25 bits per heavy atom. The largest absolute Gasteiger partial charge is 0.353 e. The molecule has 150 valence electrons. The Balaban J connectivity index is 1.54. The number of rotatable bonds is 6. The molecule has 0 aliphatic carbocycles. The number of hydrogen-bond acceptors (Lipinski definition) is 5. The van der Waals surface area contributed by atoms with Crippen molar-refractivity contribution in [3.05, 3.63) is 41.2 Å². The zero-order valence-electron chi connectivity index (χ0n) is 16.2. The number of aromatic nitrogens is 1. The van der Waals surface area contributed by atoms with Gasteiger partial charge >= 0.3 is 0 Å². The van der Waals surface area contributed by atoms with E-state index in [1.807, 2.05) is 13.8 Å². The molecule has 1 aliphatic rings. The Morgan fingerprint density at radius 3 is 2.64 bits per heavy atom. The maximum atomic E-state index is 13.9. The van der Waals surface area contributed by atoms with E-state index in [1.54, 1.807) is 23.1 Å². The van der Waals surface area contributed by atoms with Crippen LogP contribution in [0.15, 0.2) is 30.5 Å². The molecule has 1 aromatic heterocycles. The highest BCUT2D eigenvalue weighted by Crippen LogP contribution is 2.28. The molecular weight excluding hydrogens is 379 g/mol. The highest BCUT2D eigenvalue weighted by Gasteiger charge is 2.25. The summed E-state index contributed by atoms with van der Waals surface area (Å²) in [5.41, 5.74) is 0.406. The summed E-state index contributed by atoms with van der Waals surface area (Å²) < 4.78 is 13.9. The second kappa shape index (κ2) is 9.25. The first-order valence-corrected chi connectivity index (χ1v) is 10.3. The molecule has 0 radical (unpaired) electrons. The maximum absolute atomic E-state index is 13.9. The summed E-state index contributed by atoms with van der Waals surface area (Å²) >= 11 is 1.20. The normalized spacial score (nSPS) is 16.0. The number of hydrogen-bond donors (Lipinski definition) is 1. The lowest BCUT2D eigenvalue weighted by atomic mass is 10.2. The number of carbonyl (C=O) groups excluding carboxylic acids is 2. The minimum Gasteiger partial charge on any atom is -0.353 e.